The Morgan fingerprint density at radius 1 is 1.38 bits per heavy atom. The highest BCUT2D eigenvalue weighted by molar-refractivity contribution is 7.91. The van der Waals surface area contributed by atoms with E-state index in [1.807, 2.05) is 0 Å². The summed E-state index contributed by atoms with van der Waals surface area (Å²) in [6, 6.07) is 0. The average Bonchev–Trinajstić information content (AvgIpc) is 2.01. The Kier molecular flexibility index (Phi) is 5.17. The van der Waals surface area contributed by atoms with Gasteiger partial charge in [0.15, 0.2) is 9.84 Å². The first-order valence-electron chi connectivity index (χ1n) is 4.28. The lowest BCUT2D eigenvalue weighted by molar-refractivity contribution is -0.117. The Balaban J connectivity index is 3.96. The molecule has 0 saturated carbocycles. The Bertz CT molecular complexity index is 257. The number of sulfone groups is 1. The van der Waals surface area contributed by atoms with Crippen LogP contribution in [0.1, 0.15) is 20.3 Å². The quantitative estimate of drug-likeness (QED) is 0.665. The SMILES string of the molecule is CNCC(=O)CCS(=O)(=O)C(C)C. The van der Waals surface area contributed by atoms with E-state index in [-0.39, 0.29) is 24.5 Å². The summed E-state index contributed by atoms with van der Waals surface area (Å²) in [5.74, 6) is -0.0997. The molecule has 0 spiro atoms. The van der Waals surface area contributed by atoms with Gasteiger partial charge < -0.3 is 5.32 Å². The van der Waals surface area contributed by atoms with E-state index in [4.69, 9.17) is 0 Å². The van der Waals surface area contributed by atoms with Crippen LogP contribution in [0.15, 0.2) is 0 Å². The molecule has 1 N–H and O–H groups in total. The average molecular weight is 207 g/mol. The molecule has 0 heterocycles. The topological polar surface area (TPSA) is 63.2 Å². The Morgan fingerprint density at radius 3 is 2.31 bits per heavy atom. The minimum absolute atomic E-state index is 0.0365. The van der Waals surface area contributed by atoms with Crippen LogP contribution in [0.25, 0.3) is 0 Å². The van der Waals surface area contributed by atoms with Gasteiger partial charge in [0.2, 0.25) is 0 Å². The maximum absolute atomic E-state index is 11.3. The van der Waals surface area contributed by atoms with E-state index in [0.29, 0.717) is 0 Å². The fourth-order valence-electron chi connectivity index (χ4n) is 0.777. The predicted molar refractivity (Wildman–Crippen MR) is 52.5 cm³/mol. The number of carbonyl (C=O) groups excluding carboxylic acids is 1. The van der Waals surface area contributed by atoms with Gasteiger partial charge in [0.1, 0.15) is 5.78 Å². The van der Waals surface area contributed by atoms with Gasteiger partial charge in [0.25, 0.3) is 0 Å². The number of rotatable bonds is 6. The molecular formula is C8H17NO3S. The number of likely N-dealkylation sites (N-methyl/N-ethyl adjacent to an activating group) is 1. The van der Waals surface area contributed by atoms with Gasteiger partial charge in [-0.05, 0) is 20.9 Å². The van der Waals surface area contributed by atoms with Gasteiger partial charge >= 0.3 is 0 Å². The summed E-state index contributed by atoms with van der Waals surface area (Å²) in [5, 5.41) is 2.29. The van der Waals surface area contributed by atoms with Crippen LogP contribution >= 0.6 is 0 Å². The lowest BCUT2D eigenvalue weighted by Gasteiger charge is -2.06. The summed E-state index contributed by atoms with van der Waals surface area (Å²) in [6.45, 7) is 3.49. The van der Waals surface area contributed by atoms with Crippen LogP contribution in [-0.4, -0.2) is 38.8 Å². The highest BCUT2D eigenvalue weighted by Gasteiger charge is 2.17. The van der Waals surface area contributed by atoms with Gasteiger partial charge in [0.05, 0.1) is 17.5 Å². The van der Waals surface area contributed by atoms with Crippen LogP contribution in [0.2, 0.25) is 0 Å². The van der Waals surface area contributed by atoms with Crippen LogP contribution in [0.3, 0.4) is 0 Å². The molecule has 0 saturated heterocycles. The fraction of sp³-hybridized carbons (Fsp3) is 0.875. The Labute approximate surface area is 79.6 Å². The zero-order chi connectivity index (χ0) is 10.5. The molecule has 0 amide bonds. The van der Waals surface area contributed by atoms with Crippen molar-refractivity contribution in [3.05, 3.63) is 0 Å². The van der Waals surface area contributed by atoms with Crippen molar-refractivity contribution in [1.82, 2.24) is 5.32 Å². The van der Waals surface area contributed by atoms with Crippen molar-refractivity contribution in [3.8, 4) is 0 Å². The number of carbonyl (C=O) groups is 1. The van der Waals surface area contributed by atoms with E-state index in [1.165, 1.54) is 0 Å². The van der Waals surface area contributed by atoms with Crippen LogP contribution in [0.4, 0.5) is 0 Å². The van der Waals surface area contributed by atoms with Crippen molar-refractivity contribution in [1.29, 1.82) is 0 Å². The van der Waals surface area contributed by atoms with Gasteiger partial charge in [-0.15, -0.1) is 0 Å². The van der Waals surface area contributed by atoms with Crippen LogP contribution in [0.5, 0.6) is 0 Å². The predicted octanol–water partition coefficient (Wildman–Crippen LogP) is -0.0118. The molecule has 0 rings (SSSR count). The number of ketones is 1. The molecule has 0 fully saturated rings. The third-order valence-corrected chi connectivity index (χ3v) is 3.97. The first-order valence-corrected chi connectivity index (χ1v) is 5.99. The molecule has 0 aromatic heterocycles. The molecule has 0 atom stereocenters. The second kappa shape index (κ2) is 5.34. The van der Waals surface area contributed by atoms with E-state index >= 15 is 0 Å². The van der Waals surface area contributed by atoms with Crippen LogP contribution in [-0.2, 0) is 14.6 Å². The van der Waals surface area contributed by atoms with E-state index in [2.05, 4.69) is 5.32 Å². The normalized spacial score (nSPS) is 12.0. The largest absolute Gasteiger partial charge is 0.313 e. The standard InChI is InChI=1S/C8H17NO3S/c1-7(2)13(11,12)5-4-8(10)6-9-3/h7,9H,4-6H2,1-3H3. The van der Waals surface area contributed by atoms with Gasteiger partial charge in [0, 0.05) is 6.42 Å². The van der Waals surface area contributed by atoms with E-state index < -0.39 is 15.1 Å². The number of hydrogen-bond acceptors (Lipinski definition) is 4. The molecule has 5 heteroatoms. The molecular weight excluding hydrogens is 190 g/mol. The molecule has 0 radical (unpaired) electrons. The maximum atomic E-state index is 11.3. The molecule has 4 nitrogen and oxygen atoms in total. The first-order chi connectivity index (χ1) is 5.90. The Hall–Kier alpha value is -0.420. The molecule has 0 unspecified atom stereocenters. The third-order valence-electron chi connectivity index (χ3n) is 1.76. The van der Waals surface area contributed by atoms with E-state index in [9.17, 15) is 13.2 Å². The first kappa shape index (κ1) is 12.6. The molecule has 13 heavy (non-hydrogen) atoms. The zero-order valence-corrected chi connectivity index (χ0v) is 9.15. The van der Waals surface area contributed by atoms with E-state index in [1.54, 1.807) is 20.9 Å². The summed E-state index contributed by atoms with van der Waals surface area (Å²) in [5.41, 5.74) is 0. The minimum atomic E-state index is -3.06. The molecule has 0 aliphatic rings. The molecule has 0 aliphatic heterocycles. The lowest BCUT2D eigenvalue weighted by Crippen LogP contribution is -2.24. The van der Waals surface area contributed by atoms with Crippen molar-refractivity contribution in [2.75, 3.05) is 19.3 Å². The Morgan fingerprint density at radius 2 is 1.92 bits per heavy atom. The summed E-state index contributed by atoms with van der Waals surface area (Å²) in [7, 11) is -1.40. The number of nitrogens with one attached hydrogen (secondary N) is 1. The summed E-state index contributed by atoms with van der Waals surface area (Å²) in [6.07, 6.45) is 0.112. The van der Waals surface area contributed by atoms with Crippen molar-refractivity contribution >= 4 is 15.6 Å². The highest BCUT2D eigenvalue weighted by atomic mass is 32.2. The molecule has 0 aromatic rings. The monoisotopic (exact) mass is 207 g/mol. The van der Waals surface area contributed by atoms with Crippen molar-refractivity contribution in [3.63, 3.8) is 0 Å². The van der Waals surface area contributed by atoms with Crippen LogP contribution < -0.4 is 5.32 Å². The van der Waals surface area contributed by atoms with Gasteiger partial charge in [-0.25, -0.2) is 8.42 Å². The lowest BCUT2D eigenvalue weighted by atomic mass is 10.3. The summed E-state index contributed by atoms with van der Waals surface area (Å²) in [4.78, 5) is 11.0. The van der Waals surface area contributed by atoms with Gasteiger partial charge in [-0.3, -0.25) is 4.79 Å². The molecule has 0 aliphatic carbocycles. The molecule has 0 bridgehead atoms. The van der Waals surface area contributed by atoms with Crippen molar-refractivity contribution in [2.45, 2.75) is 25.5 Å². The second-order valence-corrected chi connectivity index (χ2v) is 5.91. The third kappa shape index (κ3) is 5.00. The molecule has 78 valence electrons. The zero-order valence-electron chi connectivity index (χ0n) is 8.33. The number of Topliss-reactive ketones (excluding diaryl/α,β-unsaturated/α-hetero) is 1. The summed E-state index contributed by atoms with van der Waals surface area (Å²) >= 11 is 0. The fourth-order valence-corrected chi connectivity index (χ4v) is 1.76. The maximum Gasteiger partial charge on any atom is 0.153 e. The van der Waals surface area contributed by atoms with Gasteiger partial charge in [-0.1, -0.05) is 0 Å². The van der Waals surface area contributed by atoms with Crippen molar-refractivity contribution < 1.29 is 13.2 Å². The highest BCUT2D eigenvalue weighted by Crippen LogP contribution is 2.02. The summed E-state index contributed by atoms with van der Waals surface area (Å²) < 4.78 is 22.5. The minimum Gasteiger partial charge on any atom is -0.313 e. The smallest absolute Gasteiger partial charge is 0.153 e. The second-order valence-electron chi connectivity index (χ2n) is 3.23. The van der Waals surface area contributed by atoms with Gasteiger partial charge in [-0.2, -0.15) is 0 Å². The molecule has 0 aromatic carbocycles. The van der Waals surface area contributed by atoms with Crippen molar-refractivity contribution in [2.24, 2.45) is 0 Å². The van der Waals surface area contributed by atoms with Crippen LogP contribution in [0, 0.1) is 0 Å². The van der Waals surface area contributed by atoms with E-state index in [0.717, 1.165) is 0 Å². The number of hydrogen-bond donors (Lipinski definition) is 1.